The number of rotatable bonds is 2. The quantitative estimate of drug-likeness (QED) is 0.698. The molecule has 0 amide bonds. The van der Waals surface area contributed by atoms with Gasteiger partial charge < -0.3 is 0 Å². The zero-order chi connectivity index (χ0) is 10.8. The number of aromatic nitrogens is 1. The topological polar surface area (TPSA) is 12.9 Å². The normalized spacial score (nSPS) is 11.4. The smallest absolute Gasteiger partial charge is 0.251 e. The summed E-state index contributed by atoms with van der Waals surface area (Å²) in [7, 11) is 0. The van der Waals surface area contributed by atoms with Gasteiger partial charge in [-0.05, 0) is 11.6 Å². The molecule has 0 saturated carbocycles. The Hall–Kier alpha value is -1.03. The molecule has 0 N–H and O–H groups in total. The molecular weight excluding hydrogens is 215 g/mol. The highest BCUT2D eigenvalue weighted by atomic mass is 35.5. The monoisotopic (exact) mass is 221 g/mol. The van der Waals surface area contributed by atoms with E-state index in [9.17, 15) is 13.2 Å². The first-order valence-electron chi connectivity index (χ1n) is 3.73. The third-order valence-corrected chi connectivity index (χ3v) is 1.94. The molecule has 0 aliphatic heterocycles. The molecule has 76 valence electrons. The van der Waals surface area contributed by atoms with E-state index in [1.807, 2.05) is 0 Å². The van der Waals surface area contributed by atoms with Gasteiger partial charge in [0, 0.05) is 17.6 Å². The minimum atomic E-state index is -4.47. The first kappa shape index (κ1) is 11.0. The van der Waals surface area contributed by atoms with Gasteiger partial charge >= 0.3 is 6.18 Å². The Kier molecular flexibility index (Phi) is 3.16. The molecule has 1 rings (SSSR count). The van der Waals surface area contributed by atoms with Gasteiger partial charge in [-0.25, -0.2) is 0 Å². The molecule has 0 unspecified atom stereocenters. The van der Waals surface area contributed by atoms with Crippen LogP contribution in [0.1, 0.15) is 11.3 Å². The fraction of sp³-hybridized carbons (Fsp3) is 0.222. The number of nitrogens with zero attached hydrogens (tertiary/aromatic N) is 1. The van der Waals surface area contributed by atoms with E-state index in [4.69, 9.17) is 11.6 Å². The fourth-order valence-electron chi connectivity index (χ4n) is 0.988. The van der Waals surface area contributed by atoms with E-state index < -0.39 is 11.9 Å². The van der Waals surface area contributed by atoms with Crippen LogP contribution < -0.4 is 0 Å². The second-order valence-corrected chi connectivity index (χ2v) is 2.90. The summed E-state index contributed by atoms with van der Waals surface area (Å²) in [6.07, 6.45) is -3.38. The highest BCUT2D eigenvalue weighted by Gasteiger charge is 2.35. The number of pyridine rings is 1. The second-order valence-electron chi connectivity index (χ2n) is 2.63. The third kappa shape index (κ3) is 2.26. The van der Waals surface area contributed by atoms with Crippen LogP contribution in [0.25, 0.3) is 5.57 Å². The number of allylic oxidation sites excluding steroid dienone is 1. The van der Waals surface area contributed by atoms with Crippen molar-refractivity contribution in [2.75, 3.05) is 5.88 Å². The Bertz CT molecular complexity index is 346. The molecule has 0 aliphatic carbocycles. The summed E-state index contributed by atoms with van der Waals surface area (Å²) in [4.78, 5) is 3.27. The Labute approximate surface area is 84.2 Å². The summed E-state index contributed by atoms with van der Waals surface area (Å²) >= 11 is 5.41. The fourth-order valence-corrected chi connectivity index (χ4v) is 1.13. The van der Waals surface area contributed by atoms with Crippen molar-refractivity contribution in [2.45, 2.75) is 6.18 Å². The summed E-state index contributed by atoms with van der Waals surface area (Å²) in [5.41, 5.74) is -0.771. The van der Waals surface area contributed by atoms with Gasteiger partial charge in [-0.1, -0.05) is 12.6 Å². The Morgan fingerprint density at radius 1 is 1.50 bits per heavy atom. The first-order chi connectivity index (χ1) is 6.46. The maximum atomic E-state index is 12.4. The number of halogens is 4. The van der Waals surface area contributed by atoms with Crippen molar-refractivity contribution in [2.24, 2.45) is 0 Å². The van der Waals surface area contributed by atoms with Crippen LogP contribution in [0.4, 0.5) is 13.2 Å². The van der Waals surface area contributed by atoms with Gasteiger partial charge in [0.2, 0.25) is 0 Å². The predicted molar refractivity (Wildman–Crippen MR) is 49.0 cm³/mol. The van der Waals surface area contributed by atoms with Crippen LogP contribution in [-0.2, 0) is 6.18 Å². The van der Waals surface area contributed by atoms with E-state index in [0.717, 1.165) is 6.20 Å². The maximum absolute atomic E-state index is 12.4. The SMILES string of the molecule is C=C(CCl)c1cccnc1C(F)(F)F. The summed E-state index contributed by atoms with van der Waals surface area (Å²) in [6.45, 7) is 3.45. The molecule has 0 aliphatic rings. The summed E-state index contributed by atoms with van der Waals surface area (Å²) in [5.74, 6) is -0.0469. The second kappa shape index (κ2) is 4.00. The summed E-state index contributed by atoms with van der Waals surface area (Å²) in [6, 6.07) is 2.73. The van der Waals surface area contributed by atoms with Crippen molar-refractivity contribution in [1.82, 2.24) is 4.98 Å². The Morgan fingerprint density at radius 2 is 2.14 bits per heavy atom. The standard InChI is InChI=1S/C9H7ClF3N/c1-6(5-10)7-3-2-4-14-8(7)9(11,12)13/h2-4H,1,5H2. The van der Waals surface area contributed by atoms with E-state index in [0.29, 0.717) is 0 Å². The molecule has 0 fully saturated rings. The van der Waals surface area contributed by atoms with Crippen LogP contribution in [0.5, 0.6) is 0 Å². The molecule has 0 spiro atoms. The van der Waals surface area contributed by atoms with Crippen molar-refractivity contribution in [3.05, 3.63) is 36.2 Å². The van der Waals surface area contributed by atoms with E-state index in [1.165, 1.54) is 12.1 Å². The molecular formula is C9H7ClF3N. The van der Waals surface area contributed by atoms with E-state index in [1.54, 1.807) is 0 Å². The Morgan fingerprint density at radius 3 is 2.64 bits per heavy atom. The predicted octanol–water partition coefficient (Wildman–Crippen LogP) is 3.35. The van der Waals surface area contributed by atoms with E-state index in [-0.39, 0.29) is 17.0 Å². The van der Waals surface area contributed by atoms with Gasteiger partial charge in [0.1, 0.15) is 0 Å². The molecule has 0 aromatic carbocycles. The third-order valence-electron chi connectivity index (χ3n) is 1.62. The van der Waals surface area contributed by atoms with Crippen molar-refractivity contribution in [3.8, 4) is 0 Å². The van der Waals surface area contributed by atoms with Gasteiger partial charge in [-0.3, -0.25) is 4.98 Å². The molecule has 1 heterocycles. The van der Waals surface area contributed by atoms with Crippen molar-refractivity contribution in [3.63, 3.8) is 0 Å². The van der Waals surface area contributed by atoms with Crippen LogP contribution in [0, 0.1) is 0 Å². The lowest BCUT2D eigenvalue weighted by Crippen LogP contribution is -2.11. The average Bonchev–Trinajstić information content (AvgIpc) is 2.15. The highest BCUT2D eigenvalue weighted by molar-refractivity contribution is 6.23. The number of alkyl halides is 4. The largest absolute Gasteiger partial charge is 0.433 e. The molecule has 0 radical (unpaired) electrons. The van der Waals surface area contributed by atoms with Crippen LogP contribution in [-0.4, -0.2) is 10.9 Å². The van der Waals surface area contributed by atoms with Crippen LogP contribution in [0.2, 0.25) is 0 Å². The van der Waals surface area contributed by atoms with Crippen molar-refractivity contribution in [1.29, 1.82) is 0 Å². The molecule has 1 nitrogen and oxygen atoms in total. The van der Waals surface area contributed by atoms with E-state index in [2.05, 4.69) is 11.6 Å². The summed E-state index contributed by atoms with van der Waals surface area (Å²) in [5, 5.41) is 0. The molecule has 0 saturated heterocycles. The Balaban J connectivity index is 3.23. The number of hydrogen-bond donors (Lipinski definition) is 0. The zero-order valence-corrected chi connectivity index (χ0v) is 7.86. The van der Waals surface area contributed by atoms with Gasteiger partial charge in [0.25, 0.3) is 0 Å². The number of hydrogen-bond acceptors (Lipinski definition) is 1. The molecule has 5 heteroatoms. The summed E-state index contributed by atoms with van der Waals surface area (Å²) < 4.78 is 37.2. The van der Waals surface area contributed by atoms with E-state index >= 15 is 0 Å². The molecule has 1 aromatic heterocycles. The lowest BCUT2D eigenvalue weighted by atomic mass is 10.1. The molecule has 14 heavy (non-hydrogen) atoms. The maximum Gasteiger partial charge on any atom is 0.433 e. The van der Waals surface area contributed by atoms with Gasteiger partial charge in [-0.2, -0.15) is 13.2 Å². The van der Waals surface area contributed by atoms with Gasteiger partial charge in [-0.15, -0.1) is 11.6 Å². The lowest BCUT2D eigenvalue weighted by Gasteiger charge is -2.11. The first-order valence-corrected chi connectivity index (χ1v) is 4.26. The molecule has 0 atom stereocenters. The highest BCUT2D eigenvalue weighted by Crippen LogP contribution is 2.32. The molecule has 0 bridgehead atoms. The minimum absolute atomic E-state index is 0.0463. The van der Waals surface area contributed by atoms with Gasteiger partial charge in [0.05, 0.1) is 0 Å². The van der Waals surface area contributed by atoms with Crippen LogP contribution >= 0.6 is 11.6 Å². The minimum Gasteiger partial charge on any atom is -0.251 e. The van der Waals surface area contributed by atoms with Crippen molar-refractivity contribution < 1.29 is 13.2 Å². The zero-order valence-electron chi connectivity index (χ0n) is 7.11. The van der Waals surface area contributed by atoms with Crippen molar-refractivity contribution >= 4 is 17.2 Å². The molecule has 1 aromatic rings. The average molecular weight is 222 g/mol. The lowest BCUT2D eigenvalue weighted by molar-refractivity contribution is -0.141. The van der Waals surface area contributed by atoms with Crippen LogP contribution in [0.15, 0.2) is 24.9 Å². The van der Waals surface area contributed by atoms with Gasteiger partial charge in [0.15, 0.2) is 5.69 Å². The van der Waals surface area contributed by atoms with Crippen LogP contribution in [0.3, 0.4) is 0 Å².